The molecule has 0 bridgehead atoms. The first-order chi connectivity index (χ1) is 29.9. The molecule has 0 aliphatic carbocycles. The molecule has 2 saturated heterocycles. The molecular formula is C28H60FN9O. The number of aromatic nitrogens is 6. The molecule has 39 heavy (non-hydrogen) atoms. The third-order valence-corrected chi connectivity index (χ3v) is 7.75. The molecule has 1 atom stereocenters. The van der Waals surface area contributed by atoms with Crippen LogP contribution in [0.4, 0.5) is 16.2 Å². The van der Waals surface area contributed by atoms with Crippen molar-refractivity contribution in [2.45, 2.75) is 52.6 Å². The van der Waals surface area contributed by atoms with Gasteiger partial charge in [0.1, 0.15) is 11.6 Å². The van der Waals surface area contributed by atoms with Gasteiger partial charge >= 0.3 is 0 Å². The SMILES string of the molecule is CCNc1nc2cc(F)ccc2n1-c1nc(-c2c(C)nn(C3CCNCC3)c2C)cc(N2CCOC[C@H]2C)n1.[2HH].[2H][2H].[2H][2H].[2H][2H].[2H][2H].[2H][2H].[2H][2H].[2H][2H].[2H][2H].[2H][2H].[2H][2H].[2H][2H]. The number of benzene rings is 1. The largest absolute Gasteiger partial charge is 0.377 e. The molecule has 6 rings (SSSR count). The summed E-state index contributed by atoms with van der Waals surface area (Å²) in [7, 11) is 0. The van der Waals surface area contributed by atoms with Crippen LogP contribution in [0.1, 0.15) is 78.2 Å². The van der Waals surface area contributed by atoms with E-state index in [1.54, 1.807) is 6.07 Å². The number of halogens is 1. The van der Waals surface area contributed by atoms with Crippen LogP contribution >= 0.6 is 0 Å². The maximum absolute atomic E-state index is 14.1. The van der Waals surface area contributed by atoms with Gasteiger partial charge < -0.3 is 20.3 Å². The number of imidazole rings is 1. The standard InChI is InChI=1S/C28H36FN9O.12H2/c1-5-31-27-32-22-14-20(29)6-7-24(22)37(27)28-33-23(15-25(34-28)36-12-13-39-16-17(36)2)26-18(3)35-38(19(26)4)21-8-10-30-11-9-21;;;;;;;;;;;;/h6-7,14-15,17,21,30H,5,8-13,16H2,1-4H3,(H,31,32);12*1H/t17-;;;;;;;;;;;;/m1............/s1/i;11*1+1D;1+1. The van der Waals surface area contributed by atoms with E-state index >= 15 is 0 Å². The van der Waals surface area contributed by atoms with E-state index in [4.69, 9.17) is 52.5 Å². The molecule has 11 heteroatoms. The minimum atomic E-state index is -0.329. The van der Waals surface area contributed by atoms with Gasteiger partial charge in [0.15, 0.2) is 0 Å². The molecule has 2 aliphatic heterocycles. The summed E-state index contributed by atoms with van der Waals surface area (Å²) in [4.78, 5) is 17.1. The van der Waals surface area contributed by atoms with Gasteiger partial charge in [0.05, 0.1) is 47.7 Å². The van der Waals surface area contributed by atoms with E-state index in [2.05, 4.69) is 52.0 Å². The molecule has 0 saturated carbocycles. The number of nitrogens with one attached hydrogen (secondary N) is 2. The Hall–Kier alpha value is -3.57. The molecule has 10 nitrogen and oxygen atoms in total. The monoisotopic (exact) mass is 581 g/mol. The second kappa shape index (κ2) is 10.5. The number of fused-ring (bicyclic) bond motifs is 1. The van der Waals surface area contributed by atoms with Crippen LogP contribution < -0.4 is 15.5 Å². The first-order valence-corrected chi connectivity index (χ1v) is 13.9. The number of nitrogens with zero attached hydrogens (tertiary/aromatic N) is 7. The Morgan fingerprint density at radius 1 is 1.18 bits per heavy atom. The van der Waals surface area contributed by atoms with Crippen LogP contribution in [0.3, 0.4) is 0 Å². The molecule has 3 aromatic heterocycles. The lowest BCUT2D eigenvalue weighted by molar-refractivity contribution is 0.0985. The van der Waals surface area contributed by atoms with Crippen LogP contribution in [0.25, 0.3) is 28.2 Å². The predicted octanol–water partition coefficient (Wildman–Crippen LogP) is 6.97. The Labute approximate surface area is 263 Å². The minimum Gasteiger partial charge on any atom is -0.377 e. The van der Waals surface area contributed by atoms with Crippen LogP contribution in [0.2, 0.25) is 0 Å². The lowest BCUT2D eigenvalue weighted by Crippen LogP contribution is -2.44. The van der Waals surface area contributed by atoms with E-state index < -0.39 is 0 Å². The molecule has 2 N–H and O–H groups in total. The molecule has 0 radical (unpaired) electrons. The van der Waals surface area contributed by atoms with Crippen molar-refractivity contribution in [3.8, 4) is 17.2 Å². The van der Waals surface area contributed by atoms with E-state index in [9.17, 15) is 4.39 Å². The van der Waals surface area contributed by atoms with E-state index in [1.807, 2.05) is 11.5 Å². The summed E-state index contributed by atoms with van der Waals surface area (Å²) in [5.74, 6) is 1.56. The van der Waals surface area contributed by atoms with Gasteiger partial charge in [0.25, 0.3) is 0 Å². The number of ether oxygens (including phenoxy) is 1. The van der Waals surface area contributed by atoms with Crippen molar-refractivity contribution in [1.82, 2.24) is 34.6 Å². The highest BCUT2D eigenvalue weighted by molar-refractivity contribution is 5.81. The number of rotatable bonds is 6. The van der Waals surface area contributed by atoms with E-state index in [0.29, 0.717) is 43.2 Å². The van der Waals surface area contributed by atoms with Crippen molar-refractivity contribution in [3.05, 3.63) is 41.5 Å². The Bertz CT molecular complexity index is 1550. The normalized spacial score (nSPS) is 20.9. The van der Waals surface area contributed by atoms with Crippen LogP contribution in [-0.2, 0) is 4.74 Å². The fourth-order valence-electron chi connectivity index (χ4n) is 5.84. The Morgan fingerprint density at radius 3 is 2.77 bits per heavy atom. The highest BCUT2D eigenvalue weighted by Gasteiger charge is 2.27. The predicted molar refractivity (Wildman–Crippen MR) is 176 cm³/mol. The van der Waals surface area contributed by atoms with Crippen LogP contribution in [-0.4, -0.2) is 74.7 Å². The summed E-state index contributed by atoms with van der Waals surface area (Å²) in [6.07, 6.45) is 2.10. The van der Waals surface area contributed by atoms with Gasteiger partial charge in [-0.25, -0.2) is 18.9 Å². The fraction of sp³-hybridized carbons (Fsp3) is 0.500. The molecule has 4 aromatic rings. The summed E-state index contributed by atoms with van der Waals surface area (Å²) in [6.45, 7) is 13.0. The van der Waals surface area contributed by atoms with Crippen LogP contribution in [0, 0.1) is 19.7 Å². The van der Waals surface area contributed by atoms with Crippen molar-refractivity contribution in [3.63, 3.8) is 0 Å². The zero-order valence-electron chi connectivity index (χ0n) is 45.0. The Kier molecular flexibility index (Phi) is 4.29. The maximum Gasteiger partial charge on any atom is 0.239 e. The zero-order valence-corrected chi connectivity index (χ0v) is 23.0. The van der Waals surface area contributed by atoms with Gasteiger partial charge in [0, 0.05) is 70.6 Å². The molecule has 2 fully saturated rings. The number of aryl methyl sites for hydroxylation is 1. The molecular weight excluding hydrogens is 497 g/mol. The average molecular weight is 581 g/mol. The zero-order chi connectivity index (χ0) is 49.1. The van der Waals surface area contributed by atoms with Gasteiger partial charge in [0.2, 0.25) is 11.9 Å². The minimum absolute atomic E-state index is 0. The van der Waals surface area contributed by atoms with Crippen molar-refractivity contribution in [1.29, 1.82) is 0 Å². The van der Waals surface area contributed by atoms with E-state index in [0.717, 1.165) is 66.5 Å². The smallest absolute Gasteiger partial charge is 0.239 e. The molecule has 230 valence electrons. The summed E-state index contributed by atoms with van der Waals surface area (Å²) in [5, 5.41) is 11.7. The first kappa shape index (κ1) is 15.9. The highest BCUT2D eigenvalue weighted by Crippen LogP contribution is 2.34. The van der Waals surface area contributed by atoms with Crippen LogP contribution in [0.15, 0.2) is 24.3 Å². The van der Waals surface area contributed by atoms with Gasteiger partial charge in [-0.05, 0) is 65.8 Å². The molecule has 1 aromatic carbocycles. The second-order valence-electron chi connectivity index (χ2n) is 10.4. The lowest BCUT2D eigenvalue weighted by atomic mass is 10.1. The summed E-state index contributed by atoms with van der Waals surface area (Å²) in [5.41, 5.74) is 5.18. The maximum atomic E-state index is 14.1. The highest BCUT2D eigenvalue weighted by atomic mass is 19.1. The third-order valence-electron chi connectivity index (χ3n) is 7.75. The van der Waals surface area contributed by atoms with Gasteiger partial charge in [-0.3, -0.25) is 4.68 Å². The van der Waals surface area contributed by atoms with Gasteiger partial charge in [-0.1, -0.05) is 0 Å². The number of hydrogen-bond donors (Lipinski definition) is 2. The number of anilines is 2. The average Bonchev–Trinajstić information content (AvgIpc) is 3.88. The molecule has 0 amide bonds. The summed E-state index contributed by atoms with van der Waals surface area (Å²) >= 11 is 0. The van der Waals surface area contributed by atoms with Crippen LogP contribution in [0.5, 0.6) is 0 Å². The van der Waals surface area contributed by atoms with Crippen molar-refractivity contribution in [2.24, 2.45) is 0 Å². The fourth-order valence-corrected chi connectivity index (χ4v) is 5.84. The first-order valence-electron chi connectivity index (χ1n) is 24.9. The second-order valence-corrected chi connectivity index (χ2v) is 10.4. The topological polar surface area (TPSA) is 98.0 Å². The van der Waals surface area contributed by atoms with E-state index in [-0.39, 0.29) is 13.3 Å². The van der Waals surface area contributed by atoms with Crippen molar-refractivity contribution in [2.75, 3.05) is 49.6 Å². The van der Waals surface area contributed by atoms with E-state index in [1.165, 1.54) is 12.1 Å². The lowest BCUT2D eigenvalue weighted by Gasteiger charge is -2.34. The number of morpholine rings is 1. The van der Waals surface area contributed by atoms with Crippen molar-refractivity contribution >= 4 is 22.8 Å². The number of hydrogen-bond acceptors (Lipinski definition) is 8. The molecule has 0 spiro atoms. The van der Waals surface area contributed by atoms with Gasteiger partial charge in [-0.2, -0.15) is 10.1 Å². The quantitative estimate of drug-likeness (QED) is 0.252. The van der Waals surface area contributed by atoms with Gasteiger partial charge in [-0.15, -0.1) is 0 Å². The summed E-state index contributed by atoms with van der Waals surface area (Å²) < 4.78 is 134. The third kappa shape index (κ3) is 4.74. The Balaban J connectivity index is -0.000000231. The number of piperidine rings is 1. The molecule has 2 aliphatic rings. The molecule has 5 heterocycles. The molecule has 0 unspecified atom stereocenters. The van der Waals surface area contributed by atoms with Crippen molar-refractivity contribution < 1.29 is 43.2 Å². The summed E-state index contributed by atoms with van der Waals surface area (Å²) in [6, 6.07) is 7.22. The Morgan fingerprint density at radius 2 is 2.00 bits per heavy atom.